The molecule has 2 N–H and O–H groups in total. The van der Waals surface area contributed by atoms with Crippen molar-refractivity contribution in [2.75, 3.05) is 27.2 Å². The molecule has 21 heavy (non-hydrogen) atoms. The molecule has 0 radical (unpaired) electrons. The zero-order valence-electron chi connectivity index (χ0n) is 13.1. The number of hydrogen-bond acceptors (Lipinski definition) is 4. The molecule has 1 aliphatic rings. The van der Waals surface area contributed by atoms with Crippen LogP contribution in [-0.2, 0) is 11.3 Å². The van der Waals surface area contributed by atoms with E-state index < -0.39 is 0 Å². The topological polar surface area (TPSA) is 62.5 Å². The number of carbonyl (C=O) groups excluding carboxylic acids is 1. The van der Waals surface area contributed by atoms with E-state index in [1.54, 1.807) is 6.20 Å². The highest BCUT2D eigenvalue weighted by molar-refractivity contribution is 5.77. The van der Waals surface area contributed by atoms with E-state index in [4.69, 9.17) is 5.73 Å². The highest BCUT2D eigenvalue weighted by Gasteiger charge is 2.35. The first-order valence-electron chi connectivity index (χ1n) is 7.59. The summed E-state index contributed by atoms with van der Waals surface area (Å²) in [6, 6.07) is 3.91. The van der Waals surface area contributed by atoms with Crippen LogP contribution < -0.4 is 5.73 Å². The number of amides is 1. The van der Waals surface area contributed by atoms with E-state index in [0.29, 0.717) is 13.0 Å². The molecule has 0 unspecified atom stereocenters. The molecule has 0 atom stereocenters. The Balaban J connectivity index is 1.98. The summed E-state index contributed by atoms with van der Waals surface area (Å²) in [7, 11) is 4.03. The quantitative estimate of drug-likeness (QED) is 0.821. The van der Waals surface area contributed by atoms with E-state index in [0.717, 1.165) is 37.9 Å². The second-order valence-corrected chi connectivity index (χ2v) is 6.37. The Kier molecular flexibility index (Phi) is 5.31. The van der Waals surface area contributed by atoms with Crippen molar-refractivity contribution in [3.63, 3.8) is 0 Å². The average molecular weight is 290 g/mol. The molecule has 1 saturated carbocycles. The fraction of sp³-hybridized carbons (Fsp3) is 0.625. The van der Waals surface area contributed by atoms with Gasteiger partial charge in [-0.15, -0.1) is 0 Å². The van der Waals surface area contributed by atoms with Gasteiger partial charge in [-0.05, 0) is 45.0 Å². The van der Waals surface area contributed by atoms with Gasteiger partial charge in [-0.1, -0.05) is 6.07 Å². The van der Waals surface area contributed by atoms with Gasteiger partial charge in [-0.25, -0.2) is 0 Å². The first-order valence-corrected chi connectivity index (χ1v) is 7.59. The number of carbonyl (C=O) groups is 1. The van der Waals surface area contributed by atoms with E-state index in [-0.39, 0.29) is 11.4 Å². The lowest BCUT2D eigenvalue weighted by molar-refractivity contribution is -0.134. The molecule has 0 bridgehead atoms. The second-order valence-electron chi connectivity index (χ2n) is 6.37. The van der Waals surface area contributed by atoms with Crippen LogP contribution in [0.3, 0.4) is 0 Å². The molecule has 2 rings (SSSR count). The molecule has 1 aliphatic carbocycles. The average Bonchev–Trinajstić information content (AvgIpc) is 2.42. The van der Waals surface area contributed by atoms with Gasteiger partial charge in [-0.2, -0.15) is 0 Å². The molecule has 1 aromatic heterocycles. The molecule has 1 heterocycles. The Labute approximate surface area is 127 Å². The van der Waals surface area contributed by atoms with Crippen molar-refractivity contribution in [2.45, 2.75) is 37.8 Å². The van der Waals surface area contributed by atoms with Crippen LogP contribution in [0.4, 0.5) is 0 Å². The molecule has 0 aliphatic heterocycles. The number of hydrogen-bond donors (Lipinski definition) is 1. The van der Waals surface area contributed by atoms with Crippen LogP contribution in [0.5, 0.6) is 0 Å². The summed E-state index contributed by atoms with van der Waals surface area (Å²) in [5.41, 5.74) is 7.02. The maximum atomic E-state index is 12.6. The largest absolute Gasteiger partial charge is 0.337 e. The molecule has 0 saturated heterocycles. The van der Waals surface area contributed by atoms with E-state index in [1.807, 2.05) is 37.3 Å². The molecule has 5 nitrogen and oxygen atoms in total. The Morgan fingerprint density at radius 1 is 1.38 bits per heavy atom. The SMILES string of the molecule is CN(C)CCN(Cc1cccnc1)C(=O)CC1(N)CCC1. The van der Waals surface area contributed by atoms with Crippen molar-refractivity contribution in [1.82, 2.24) is 14.8 Å². The summed E-state index contributed by atoms with van der Waals surface area (Å²) in [5.74, 6) is 0.155. The molecule has 1 amide bonds. The molecule has 5 heteroatoms. The van der Waals surface area contributed by atoms with Gasteiger partial charge < -0.3 is 15.5 Å². The lowest BCUT2D eigenvalue weighted by atomic mass is 9.75. The third kappa shape index (κ3) is 4.79. The Hall–Kier alpha value is -1.46. The summed E-state index contributed by atoms with van der Waals surface area (Å²) in [6.45, 7) is 2.18. The van der Waals surface area contributed by atoms with Crippen LogP contribution in [-0.4, -0.2) is 53.4 Å². The standard InChI is InChI=1S/C16H26N4O/c1-19(2)9-10-20(13-14-5-3-8-18-12-14)15(21)11-16(17)6-4-7-16/h3,5,8,12H,4,6-7,9-11,13,17H2,1-2H3. The minimum absolute atomic E-state index is 0.155. The van der Waals surface area contributed by atoms with Gasteiger partial charge in [-0.3, -0.25) is 9.78 Å². The minimum atomic E-state index is -0.262. The van der Waals surface area contributed by atoms with Gasteiger partial charge in [0.25, 0.3) is 0 Å². The normalized spacial score (nSPS) is 16.6. The van der Waals surface area contributed by atoms with Crippen LogP contribution >= 0.6 is 0 Å². The number of nitrogens with two attached hydrogens (primary N) is 1. The van der Waals surface area contributed by atoms with Crippen LogP contribution in [0.1, 0.15) is 31.2 Å². The Morgan fingerprint density at radius 2 is 2.14 bits per heavy atom. The van der Waals surface area contributed by atoms with E-state index in [2.05, 4.69) is 9.88 Å². The third-order valence-electron chi connectivity index (χ3n) is 4.12. The molecule has 0 spiro atoms. The minimum Gasteiger partial charge on any atom is -0.337 e. The fourth-order valence-electron chi connectivity index (χ4n) is 2.55. The van der Waals surface area contributed by atoms with Crippen molar-refractivity contribution >= 4 is 5.91 Å². The van der Waals surface area contributed by atoms with Gasteiger partial charge in [0.05, 0.1) is 0 Å². The Bertz CT molecular complexity index is 457. The van der Waals surface area contributed by atoms with Crippen molar-refractivity contribution in [2.24, 2.45) is 5.73 Å². The fourth-order valence-corrected chi connectivity index (χ4v) is 2.55. The van der Waals surface area contributed by atoms with Crippen LogP contribution in [0.25, 0.3) is 0 Å². The maximum absolute atomic E-state index is 12.6. The van der Waals surface area contributed by atoms with Crippen LogP contribution in [0.15, 0.2) is 24.5 Å². The summed E-state index contributed by atoms with van der Waals surface area (Å²) >= 11 is 0. The molecular weight excluding hydrogens is 264 g/mol. The molecule has 116 valence electrons. The summed E-state index contributed by atoms with van der Waals surface area (Å²) < 4.78 is 0. The third-order valence-corrected chi connectivity index (χ3v) is 4.12. The summed E-state index contributed by atoms with van der Waals surface area (Å²) in [4.78, 5) is 20.7. The first-order chi connectivity index (χ1) is 9.98. The van der Waals surface area contributed by atoms with E-state index in [1.165, 1.54) is 0 Å². The van der Waals surface area contributed by atoms with Crippen molar-refractivity contribution in [1.29, 1.82) is 0 Å². The smallest absolute Gasteiger partial charge is 0.224 e. The van der Waals surface area contributed by atoms with Gasteiger partial charge in [0.1, 0.15) is 0 Å². The summed E-state index contributed by atoms with van der Waals surface area (Å²) in [5, 5.41) is 0. The molecular formula is C16H26N4O. The second kappa shape index (κ2) is 7.00. The van der Waals surface area contributed by atoms with Crippen LogP contribution in [0, 0.1) is 0 Å². The number of aromatic nitrogens is 1. The van der Waals surface area contributed by atoms with Gasteiger partial charge in [0, 0.05) is 44.0 Å². The van der Waals surface area contributed by atoms with E-state index >= 15 is 0 Å². The maximum Gasteiger partial charge on any atom is 0.224 e. The predicted molar refractivity (Wildman–Crippen MR) is 83.6 cm³/mol. The number of likely N-dealkylation sites (N-methyl/N-ethyl adjacent to an activating group) is 1. The number of pyridine rings is 1. The monoisotopic (exact) mass is 290 g/mol. The predicted octanol–water partition coefficient (Wildman–Crippen LogP) is 1.24. The first kappa shape index (κ1) is 15.9. The lowest BCUT2D eigenvalue weighted by Crippen LogP contribution is -2.51. The van der Waals surface area contributed by atoms with Gasteiger partial charge in [0.2, 0.25) is 5.91 Å². The van der Waals surface area contributed by atoms with Gasteiger partial charge >= 0.3 is 0 Å². The number of nitrogens with zero attached hydrogens (tertiary/aromatic N) is 3. The zero-order valence-corrected chi connectivity index (χ0v) is 13.1. The van der Waals surface area contributed by atoms with Crippen molar-refractivity contribution in [3.8, 4) is 0 Å². The van der Waals surface area contributed by atoms with Crippen molar-refractivity contribution in [3.05, 3.63) is 30.1 Å². The highest BCUT2D eigenvalue weighted by Crippen LogP contribution is 2.32. The Morgan fingerprint density at radius 3 is 2.67 bits per heavy atom. The molecule has 0 aromatic carbocycles. The summed E-state index contributed by atoms with van der Waals surface area (Å²) in [6.07, 6.45) is 7.10. The molecule has 1 fully saturated rings. The zero-order chi connectivity index (χ0) is 15.3. The highest BCUT2D eigenvalue weighted by atomic mass is 16.2. The van der Waals surface area contributed by atoms with Crippen LogP contribution in [0.2, 0.25) is 0 Å². The number of rotatable bonds is 7. The lowest BCUT2D eigenvalue weighted by Gasteiger charge is -2.39. The van der Waals surface area contributed by atoms with Crippen molar-refractivity contribution < 1.29 is 4.79 Å². The van der Waals surface area contributed by atoms with Gasteiger partial charge in [0.15, 0.2) is 0 Å². The van der Waals surface area contributed by atoms with E-state index in [9.17, 15) is 4.79 Å². The molecule has 1 aromatic rings.